The van der Waals surface area contributed by atoms with Crippen molar-refractivity contribution in [3.05, 3.63) is 12.4 Å². The summed E-state index contributed by atoms with van der Waals surface area (Å²) in [6.45, 7) is 4.22. The molecule has 110 valence electrons. The number of aromatic nitrogens is 2. The van der Waals surface area contributed by atoms with E-state index in [1.165, 1.54) is 17.1 Å². The Labute approximate surface area is 116 Å². The Morgan fingerprint density at radius 1 is 1.55 bits per heavy atom. The number of nitrogens with one attached hydrogen (secondary N) is 1. The van der Waals surface area contributed by atoms with E-state index in [1.54, 1.807) is 13.8 Å². The predicted molar refractivity (Wildman–Crippen MR) is 71.4 cm³/mol. The van der Waals surface area contributed by atoms with Crippen LogP contribution in [0.5, 0.6) is 0 Å². The summed E-state index contributed by atoms with van der Waals surface area (Å²) in [6, 6.07) is 0. The fraction of sp³-hybridized carbons (Fsp3) is 0.615. The number of carbonyl (C=O) groups excluding carboxylic acids is 1. The first-order valence-electron chi connectivity index (χ1n) is 6.58. The van der Waals surface area contributed by atoms with Gasteiger partial charge < -0.3 is 15.2 Å². The molecule has 7 heteroatoms. The van der Waals surface area contributed by atoms with Crippen molar-refractivity contribution in [1.82, 2.24) is 9.78 Å². The van der Waals surface area contributed by atoms with Gasteiger partial charge in [0.25, 0.3) is 0 Å². The lowest BCUT2D eigenvalue weighted by Crippen LogP contribution is -2.36. The van der Waals surface area contributed by atoms with Crippen LogP contribution in [0, 0.1) is 5.92 Å². The van der Waals surface area contributed by atoms with Gasteiger partial charge in [-0.3, -0.25) is 9.48 Å². The zero-order valence-electron chi connectivity index (χ0n) is 11.6. The van der Waals surface area contributed by atoms with E-state index in [-0.39, 0.29) is 11.8 Å². The summed E-state index contributed by atoms with van der Waals surface area (Å²) in [4.78, 5) is 23.2. The van der Waals surface area contributed by atoms with Crippen LogP contribution >= 0.6 is 0 Å². The summed E-state index contributed by atoms with van der Waals surface area (Å²) < 4.78 is 6.59. The fourth-order valence-electron chi connectivity index (χ4n) is 1.98. The molecule has 1 aliphatic heterocycles. The van der Waals surface area contributed by atoms with E-state index in [9.17, 15) is 9.59 Å². The SMILES string of the molecule is CC(C)(C(=O)O)n1cc(NC(=O)C2CCCOC2)cn1. The normalized spacial score (nSPS) is 19.6. The number of hydrogen-bond acceptors (Lipinski definition) is 4. The molecule has 1 saturated heterocycles. The molecule has 1 fully saturated rings. The number of carbonyl (C=O) groups is 2. The third-order valence-electron chi connectivity index (χ3n) is 3.48. The number of anilines is 1. The van der Waals surface area contributed by atoms with E-state index in [2.05, 4.69) is 10.4 Å². The lowest BCUT2D eigenvalue weighted by molar-refractivity contribution is -0.146. The number of aliphatic carboxylic acids is 1. The quantitative estimate of drug-likeness (QED) is 0.861. The van der Waals surface area contributed by atoms with Crippen LogP contribution in [0.25, 0.3) is 0 Å². The van der Waals surface area contributed by atoms with Crippen LogP contribution in [0.3, 0.4) is 0 Å². The van der Waals surface area contributed by atoms with E-state index in [0.29, 0.717) is 18.9 Å². The van der Waals surface area contributed by atoms with Crippen molar-refractivity contribution in [3.63, 3.8) is 0 Å². The highest BCUT2D eigenvalue weighted by Gasteiger charge is 2.30. The molecule has 0 radical (unpaired) electrons. The van der Waals surface area contributed by atoms with E-state index in [1.807, 2.05) is 0 Å². The highest BCUT2D eigenvalue weighted by Crippen LogP contribution is 2.19. The summed E-state index contributed by atoms with van der Waals surface area (Å²) in [6.07, 6.45) is 4.66. The number of carboxylic acid groups (broad SMARTS) is 1. The first-order chi connectivity index (χ1) is 9.41. The summed E-state index contributed by atoms with van der Waals surface area (Å²) in [5, 5.41) is 15.9. The molecule has 1 aromatic heterocycles. The maximum atomic E-state index is 12.0. The molecule has 1 amide bonds. The summed E-state index contributed by atoms with van der Waals surface area (Å²) in [5.41, 5.74) is -0.661. The molecule has 20 heavy (non-hydrogen) atoms. The first-order valence-corrected chi connectivity index (χ1v) is 6.58. The average Bonchev–Trinajstić information content (AvgIpc) is 2.88. The first kappa shape index (κ1) is 14.5. The van der Waals surface area contributed by atoms with Gasteiger partial charge in [-0.05, 0) is 26.7 Å². The van der Waals surface area contributed by atoms with Gasteiger partial charge in [0.2, 0.25) is 5.91 Å². The van der Waals surface area contributed by atoms with Crippen molar-refractivity contribution in [1.29, 1.82) is 0 Å². The highest BCUT2D eigenvalue weighted by atomic mass is 16.5. The molecule has 0 bridgehead atoms. The molecule has 0 aliphatic carbocycles. The zero-order chi connectivity index (χ0) is 14.8. The number of rotatable bonds is 4. The zero-order valence-corrected chi connectivity index (χ0v) is 11.6. The van der Waals surface area contributed by atoms with Gasteiger partial charge in [-0.15, -0.1) is 0 Å². The molecule has 2 heterocycles. The van der Waals surface area contributed by atoms with Gasteiger partial charge in [0.05, 0.1) is 24.4 Å². The lowest BCUT2D eigenvalue weighted by atomic mass is 10.0. The van der Waals surface area contributed by atoms with Gasteiger partial charge in [0.15, 0.2) is 5.54 Å². The smallest absolute Gasteiger partial charge is 0.331 e. The molecule has 1 aromatic rings. The fourth-order valence-corrected chi connectivity index (χ4v) is 1.98. The van der Waals surface area contributed by atoms with Crippen molar-refractivity contribution < 1.29 is 19.4 Å². The topological polar surface area (TPSA) is 93.5 Å². The highest BCUT2D eigenvalue weighted by molar-refractivity contribution is 5.92. The molecule has 2 N–H and O–H groups in total. The molecule has 1 aliphatic rings. The van der Waals surface area contributed by atoms with Crippen LogP contribution in [0.2, 0.25) is 0 Å². The number of ether oxygens (including phenoxy) is 1. The van der Waals surface area contributed by atoms with Gasteiger partial charge in [-0.1, -0.05) is 0 Å². The second-order valence-electron chi connectivity index (χ2n) is 5.44. The minimum atomic E-state index is -1.16. The maximum Gasteiger partial charge on any atom is 0.331 e. The Morgan fingerprint density at radius 2 is 2.30 bits per heavy atom. The number of hydrogen-bond donors (Lipinski definition) is 2. The minimum Gasteiger partial charge on any atom is -0.479 e. The van der Waals surface area contributed by atoms with Crippen LogP contribution < -0.4 is 5.32 Å². The summed E-state index contributed by atoms with van der Waals surface area (Å²) >= 11 is 0. The minimum absolute atomic E-state index is 0.114. The summed E-state index contributed by atoms with van der Waals surface area (Å²) in [5.74, 6) is -1.25. The Hall–Kier alpha value is -1.89. The largest absolute Gasteiger partial charge is 0.479 e. The van der Waals surface area contributed by atoms with Crippen molar-refractivity contribution in [2.75, 3.05) is 18.5 Å². The van der Waals surface area contributed by atoms with Gasteiger partial charge in [-0.25, -0.2) is 4.79 Å². The van der Waals surface area contributed by atoms with Crippen molar-refractivity contribution in [3.8, 4) is 0 Å². The molecule has 0 saturated carbocycles. The van der Waals surface area contributed by atoms with Crippen LogP contribution in [-0.2, 0) is 19.9 Å². The van der Waals surface area contributed by atoms with Gasteiger partial charge >= 0.3 is 5.97 Å². The Morgan fingerprint density at radius 3 is 2.90 bits per heavy atom. The predicted octanol–water partition coefficient (Wildman–Crippen LogP) is 1.07. The Kier molecular flexibility index (Phi) is 4.08. The molecule has 1 atom stereocenters. The van der Waals surface area contributed by atoms with Gasteiger partial charge in [-0.2, -0.15) is 5.10 Å². The van der Waals surface area contributed by atoms with E-state index in [0.717, 1.165) is 12.8 Å². The number of nitrogens with zero attached hydrogens (tertiary/aromatic N) is 2. The molecule has 0 spiro atoms. The molecule has 0 aromatic carbocycles. The third kappa shape index (κ3) is 2.98. The third-order valence-corrected chi connectivity index (χ3v) is 3.48. The molecular weight excluding hydrogens is 262 g/mol. The van der Waals surface area contributed by atoms with E-state index in [4.69, 9.17) is 9.84 Å². The van der Waals surface area contributed by atoms with Crippen LogP contribution in [0.1, 0.15) is 26.7 Å². The van der Waals surface area contributed by atoms with Gasteiger partial charge in [0, 0.05) is 12.8 Å². The van der Waals surface area contributed by atoms with E-state index >= 15 is 0 Å². The van der Waals surface area contributed by atoms with E-state index < -0.39 is 11.5 Å². The second-order valence-corrected chi connectivity index (χ2v) is 5.44. The van der Waals surface area contributed by atoms with Crippen molar-refractivity contribution in [2.24, 2.45) is 5.92 Å². The van der Waals surface area contributed by atoms with Crippen molar-refractivity contribution in [2.45, 2.75) is 32.2 Å². The van der Waals surface area contributed by atoms with Crippen LogP contribution in [-0.4, -0.2) is 40.0 Å². The Bertz CT molecular complexity index is 503. The van der Waals surface area contributed by atoms with Crippen molar-refractivity contribution >= 4 is 17.6 Å². The van der Waals surface area contributed by atoms with Gasteiger partial charge in [0.1, 0.15) is 0 Å². The summed E-state index contributed by atoms with van der Waals surface area (Å²) in [7, 11) is 0. The average molecular weight is 281 g/mol. The molecular formula is C13H19N3O4. The van der Waals surface area contributed by atoms with Crippen LogP contribution in [0.4, 0.5) is 5.69 Å². The maximum absolute atomic E-state index is 12.0. The standard InChI is InChI=1S/C13H19N3O4/c1-13(2,12(18)19)16-7-10(6-14-16)15-11(17)9-4-3-5-20-8-9/h6-7,9H,3-5,8H2,1-2H3,(H,15,17)(H,18,19). The van der Waals surface area contributed by atoms with Crippen LogP contribution in [0.15, 0.2) is 12.4 Å². The second kappa shape index (κ2) is 5.62. The monoisotopic (exact) mass is 281 g/mol. The lowest BCUT2D eigenvalue weighted by Gasteiger charge is -2.21. The number of amides is 1. The molecule has 2 rings (SSSR count). The molecule has 1 unspecified atom stereocenters. The Balaban J connectivity index is 2.02. The number of carboxylic acids is 1. The molecule has 7 nitrogen and oxygen atoms in total.